The summed E-state index contributed by atoms with van der Waals surface area (Å²) in [7, 11) is -3.69. The van der Waals surface area contributed by atoms with Crippen LogP contribution in [0, 0.1) is 0 Å². The number of piperidine rings is 2. The minimum Gasteiger partial charge on any atom is -0.492 e. The summed E-state index contributed by atoms with van der Waals surface area (Å²) in [4.78, 5) is 10.2. The van der Waals surface area contributed by atoms with Crippen molar-refractivity contribution in [1.82, 2.24) is 20.1 Å². The van der Waals surface area contributed by atoms with E-state index in [1.165, 1.54) is 31.4 Å². The first-order valence-electron chi connectivity index (χ1n) is 18.3. The van der Waals surface area contributed by atoms with Gasteiger partial charge in [-0.3, -0.25) is 4.90 Å². The number of hydrogen-bond acceptors (Lipinski definition) is 7. The predicted molar refractivity (Wildman–Crippen MR) is 196 cm³/mol. The van der Waals surface area contributed by atoms with Gasteiger partial charge in [0.2, 0.25) is 0 Å². The highest BCUT2D eigenvalue weighted by Gasteiger charge is 2.32. The number of ether oxygens (including phenoxy) is 1. The summed E-state index contributed by atoms with van der Waals surface area (Å²) in [5, 5.41) is 4.29. The normalized spacial score (nSPS) is 17.5. The topological polar surface area (TPSA) is 74.8 Å². The Bertz CT molecular complexity index is 1910. The zero-order valence-electron chi connectivity index (χ0n) is 29.8. The molecule has 1 unspecified atom stereocenters. The molecule has 0 radical (unpaired) electrons. The second-order valence-corrected chi connectivity index (χ2v) is 16.0. The van der Waals surface area contributed by atoms with Crippen LogP contribution in [0.2, 0.25) is 0 Å². The average Bonchev–Trinajstić information content (AvgIpc) is 3.14. The van der Waals surface area contributed by atoms with Crippen molar-refractivity contribution in [3.05, 3.63) is 89.0 Å². The third-order valence-electron chi connectivity index (χ3n) is 10.5. The summed E-state index contributed by atoms with van der Waals surface area (Å²) in [5.74, 6) is 0.0876. The van der Waals surface area contributed by atoms with E-state index < -0.39 is 21.6 Å². The van der Waals surface area contributed by atoms with Crippen LogP contribution in [0.25, 0.3) is 22.2 Å². The lowest BCUT2D eigenvalue weighted by atomic mass is 9.93. The van der Waals surface area contributed by atoms with Crippen molar-refractivity contribution < 1.29 is 26.3 Å². The van der Waals surface area contributed by atoms with Crippen molar-refractivity contribution >= 4 is 20.7 Å². The fourth-order valence-electron chi connectivity index (χ4n) is 7.56. The van der Waals surface area contributed by atoms with Gasteiger partial charge in [0, 0.05) is 42.2 Å². The average molecular weight is 723 g/mol. The van der Waals surface area contributed by atoms with E-state index in [1.807, 2.05) is 30.3 Å². The van der Waals surface area contributed by atoms with Crippen molar-refractivity contribution in [3.8, 4) is 17.0 Å². The van der Waals surface area contributed by atoms with Gasteiger partial charge in [0.05, 0.1) is 29.1 Å². The Morgan fingerprint density at radius 2 is 1.65 bits per heavy atom. The van der Waals surface area contributed by atoms with Gasteiger partial charge in [-0.05, 0) is 101 Å². The van der Waals surface area contributed by atoms with E-state index in [2.05, 4.69) is 22.0 Å². The number of nitrogens with one attached hydrogen (secondary N) is 1. The molecule has 6 rings (SSSR count). The van der Waals surface area contributed by atoms with Gasteiger partial charge in [-0.25, -0.2) is 13.4 Å². The maximum atomic E-state index is 14.1. The number of pyridine rings is 1. The highest BCUT2D eigenvalue weighted by atomic mass is 32.2. The summed E-state index contributed by atoms with van der Waals surface area (Å²) in [5.41, 5.74) is 3.27. The van der Waals surface area contributed by atoms with Crippen LogP contribution in [0.3, 0.4) is 0 Å². The van der Waals surface area contributed by atoms with Crippen LogP contribution in [0.15, 0.2) is 71.6 Å². The van der Waals surface area contributed by atoms with Crippen LogP contribution in [-0.2, 0) is 29.1 Å². The summed E-state index contributed by atoms with van der Waals surface area (Å²) in [6.45, 7) is 10.5. The van der Waals surface area contributed by atoms with Crippen LogP contribution in [0.4, 0.5) is 13.2 Å². The van der Waals surface area contributed by atoms with Gasteiger partial charge in [-0.1, -0.05) is 55.8 Å². The maximum Gasteiger partial charge on any atom is 0.416 e. The lowest BCUT2D eigenvalue weighted by Gasteiger charge is -2.40. The van der Waals surface area contributed by atoms with Crippen molar-refractivity contribution in [1.29, 1.82) is 0 Å². The van der Waals surface area contributed by atoms with Gasteiger partial charge in [-0.2, -0.15) is 13.2 Å². The number of rotatable bonds is 12. The molecule has 2 aliphatic heterocycles. The number of likely N-dealkylation sites (tertiary alicyclic amines) is 2. The maximum absolute atomic E-state index is 14.1. The van der Waals surface area contributed by atoms with E-state index in [4.69, 9.17) is 9.72 Å². The van der Waals surface area contributed by atoms with Crippen molar-refractivity contribution in [3.63, 3.8) is 0 Å². The molecular weight excluding hydrogens is 674 g/mol. The van der Waals surface area contributed by atoms with Gasteiger partial charge in [0.15, 0.2) is 9.84 Å². The van der Waals surface area contributed by atoms with E-state index in [1.54, 1.807) is 32.0 Å². The Morgan fingerprint density at radius 3 is 2.31 bits per heavy atom. The van der Waals surface area contributed by atoms with E-state index in [0.29, 0.717) is 41.3 Å². The molecule has 7 nitrogen and oxygen atoms in total. The first kappa shape index (κ1) is 37.3. The van der Waals surface area contributed by atoms with Crippen molar-refractivity contribution in [2.24, 2.45) is 0 Å². The fraction of sp³-hybridized carbons (Fsp3) is 0.475. The fourth-order valence-corrected chi connectivity index (χ4v) is 8.59. The van der Waals surface area contributed by atoms with Crippen LogP contribution >= 0.6 is 0 Å². The quantitative estimate of drug-likeness (QED) is 0.157. The lowest BCUT2D eigenvalue weighted by molar-refractivity contribution is -0.137. The highest BCUT2D eigenvalue weighted by Crippen LogP contribution is 2.39. The number of hydrogen-bond donors (Lipinski definition) is 1. The summed E-state index contributed by atoms with van der Waals surface area (Å²) >= 11 is 0. The number of nitrogens with zero attached hydrogens (tertiary/aromatic N) is 3. The molecule has 1 atom stereocenters. The standard InChI is InChI=1S/C40H49F3N4O3S/c1-4-50-37-25-36-33(24-38(37)51(48,49)5-2)34(26-44-28(3)29-13-8-6-9-14-29)35(39(45-36)30-15-12-16-31(23-30)40(41,42)43)27-46-21-17-32(18-22-46)47-19-10-7-11-20-47/h6,8-9,12-16,23-25,28,32,44H,4-5,7,10-11,17-22,26-27H2,1-3H3. The van der Waals surface area contributed by atoms with E-state index >= 15 is 0 Å². The number of halogens is 3. The van der Waals surface area contributed by atoms with E-state index in [9.17, 15) is 21.6 Å². The molecular formula is C40H49F3N4O3S. The molecule has 3 aromatic carbocycles. The Kier molecular flexibility index (Phi) is 11.7. The molecule has 11 heteroatoms. The molecule has 2 saturated heterocycles. The SMILES string of the molecule is CCOc1cc2nc(-c3cccc(C(F)(F)F)c3)c(CN3CCC(N4CCCCC4)CC3)c(CNC(C)c3ccccc3)c2cc1S(=O)(=O)CC. The molecule has 1 aromatic heterocycles. The highest BCUT2D eigenvalue weighted by molar-refractivity contribution is 7.91. The zero-order valence-corrected chi connectivity index (χ0v) is 30.6. The number of benzene rings is 3. The third kappa shape index (κ3) is 8.59. The lowest BCUT2D eigenvalue weighted by Crippen LogP contribution is -2.46. The molecule has 4 aromatic rings. The second-order valence-electron chi connectivity index (χ2n) is 13.8. The summed E-state index contributed by atoms with van der Waals surface area (Å²) < 4.78 is 74.9. The molecule has 0 amide bonds. The van der Waals surface area contributed by atoms with Gasteiger partial charge < -0.3 is 15.0 Å². The largest absolute Gasteiger partial charge is 0.492 e. The van der Waals surface area contributed by atoms with E-state index in [0.717, 1.165) is 61.8 Å². The molecule has 1 N–H and O–H groups in total. The number of alkyl halides is 3. The molecule has 3 heterocycles. The number of fused-ring (bicyclic) bond motifs is 1. The predicted octanol–water partition coefficient (Wildman–Crippen LogP) is 8.41. The van der Waals surface area contributed by atoms with Gasteiger partial charge in [-0.15, -0.1) is 0 Å². The second kappa shape index (κ2) is 16.0. The number of sulfone groups is 1. The van der Waals surface area contributed by atoms with Crippen LogP contribution in [0.5, 0.6) is 5.75 Å². The first-order valence-corrected chi connectivity index (χ1v) is 19.9. The summed E-state index contributed by atoms with van der Waals surface area (Å²) in [6, 6.07) is 19.2. The zero-order chi connectivity index (χ0) is 36.2. The van der Waals surface area contributed by atoms with Gasteiger partial charge >= 0.3 is 6.18 Å². The molecule has 274 valence electrons. The van der Waals surface area contributed by atoms with Gasteiger partial charge in [0.1, 0.15) is 10.6 Å². The monoisotopic (exact) mass is 722 g/mol. The minimum atomic E-state index is -4.52. The molecule has 0 spiro atoms. The molecule has 51 heavy (non-hydrogen) atoms. The Hall–Kier alpha value is -3.51. The Balaban J connectivity index is 1.51. The Labute approximate surface area is 300 Å². The van der Waals surface area contributed by atoms with Crippen LogP contribution < -0.4 is 10.1 Å². The molecule has 0 aliphatic carbocycles. The van der Waals surface area contributed by atoms with E-state index in [-0.39, 0.29) is 29.0 Å². The summed E-state index contributed by atoms with van der Waals surface area (Å²) in [6.07, 6.45) is 1.29. The molecule has 2 aliphatic rings. The smallest absolute Gasteiger partial charge is 0.416 e. The molecule has 0 bridgehead atoms. The third-order valence-corrected chi connectivity index (χ3v) is 12.2. The number of aromatic nitrogens is 1. The van der Waals surface area contributed by atoms with Crippen molar-refractivity contribution in [2.75, 3.05) is 38.5 Å². The van der Waals surface area contributed by atoms with Crippen LogP contribution in [0.1, 0.15) is 81.2 Å². The molecule has 0 saturated carbocycles. The Morgan fingerprint density at radius 1 is 0.922 bits per heavy atom. The minimum absolute atomic E-state index is 0.0545. The molecule has 2 fully saturated rings. The first-order chi connectivity index (χ1) is 24.5. The van der Waals surface area contributed by atoms with Gasteiger partial charge in [0.25, 0.3) is 0 Å². The van der Waals surface area contributed by atoms with Crippen LogP contribution in [-0.4, -0.2) is 67.8 Å². The van der Waals surface area contributed by atoms with Crippen molar-refractivity contribution in [2.45, 2.75) is 89.1 Å².